The van der Waals surface area contributed by atoms with Gasteiger partial charge in [0.2, 0.25) is 0 Å². The average Bonchev–Trinajstić information content (AvgIpc) is 3.26. The Bertz CT molecular complexity index is 949. The highest BCUT2D eigenvalue weighted by atomic mass is 35.5. The Labute approximate surface area is 154 Å². The molecule has 26 heavy (non-hydrogen) atoms. The molecule has 1 atom stereocenters. The van der Waals surface area contributed by atoms with Crippen LogP contribution < -0.4 is 5.32 Å². The summed E-state index contributed by atoms with van der Waals surface area (Å²) in [4.78, 5) is 23.2. The van der Waals surface area contributed by atoms with E-state index in [-0.39, 0.29) is 5.56 Å². The van der Waals surface area contributed by atoms with Gasteiger partial charge in [0.15, 0.2) is 5.82 Å². The topological polar surface area (TPSA) is 102 Å². The smallest absolute Gasteiger partial charge is 0.328 e. The summed E-state index contributed by atoms with van der Waals surface area (Å²) in [7, 11) is 0. The third-order valence-corrected chi connectivity index (χ3v) is 4.16. The van der Waals surface area contributed by atoms with Gasteiger partial charge in [0.25, 0.3) is 5.91 Å². The molecule has 2 aromatic heterocycles. The highest BCUT2D eigenvalue weighted by Crippen LogP contribution is 2.17. The van der Waals surface area contributed by atoms with Gasteiger partial charge < -0.3 is 10.4 Å². The maximum absolute atomic E-state index is 12.3. The van der Waals surface area contributed by atoms with Crippen LogP contribution in [-0.4, -0.2) is 36.5 Å². The molecule has 1 unspecified atom stereocenters. The molecule has 3 rings (SSSR count). The summed E-state index contributed by atoms with van der Waals surface area (Å²) in [6.45, 7) is 1.96. The van der Waals surface area contributed by atoms with Crippen LogP contribution in [0.2, 0.25) is 5.02 Å². The first-order chi connectivity index (χ1) is 12.4. The van der Waals surface area contributed by atoms with Crippen LogP contribution in [0.3, 0.4) is 0 Å². The summed E-state index contributed by atoms with van der Waals surface area (Å²) in [6.07, 6.45) is 4.43. The SMILES string of the molecule is CC(C(=O)O)n1cc(C(=O)Nc2ccn(Cc3ccccc3Cl)n2)cn1. The van der Waals surface area contributed by atoms with Gasteiger partial charge in [-0.15, -0.1) is 0 Å². The minimum absolute atomic E-state index is 0.249. The number of carbonyl (C=O) groups excluding carboxylic acids is 1. The molecule has 0 fully saturated rings. The van der Waals surface area contributed by atoms with Crippen LogP contribution in [0.25, 0.3) is 0 Å². The predicted molar refractivity (Wildman–Crippen MR) is 95.3 cm³/mol. The van der Waals surface area contributed by atoms with Crippen molar-refractivity contribution in [3.05, 3.63) is 65.1 Å². The largest absolute Gasteiger partial charge is 0.480 e. The Balaban J connectivity index is 1.66. The summed E-state index contributed by atoms with van der Waals surface area (Å²) >= 11 is 6.13. The van der Waals surface area contributed by atoms with E-state index in [1.807, 2.05) is 18.2 Å². The Kier molecular flexibility index (Phi) is 5.04. The molecule has 0 saturated heterocycles. The Morgan fingerprint density at radius 2 is 2.08 bits per heavy atom. The lowest BCUT2D eigenvalue weighted by atomic mass is 10.2. The van der Waals surface area contributed by atoms with Crippen LogP contribution in [0, 0.1) is 0 Å². The zero-order chi connectivity index (χ0) is 18.7. The van der Waals surface area contributed by atoms with E-state index >= 15 is 0 Å². The van der Waals surface area contributed by atoms with Gasteiger partial charge in [-0.05, 0) is 18.6 Å². The fourth-order valence-corrected chi connectivity index (χ4v) is 2.48. The second-order valence-electron chi connectivity index (χ2n) is 5.67. The molecule has 0 saturated carbocycles. The predicted octanol–water partition coefficient (Wildman–Crippen LogP) is 2.68. The second-order valence-corrected chi connectivity index (χ2v) is 6.07. The first kappa shape index (κ1) is 17.7. The number of anilines is 1. The fraction of sp³-hybridized carbons (Fsp3) is 0.176. The number of amides is 1. The Hall–Kier alpha value is -3.13. The van der Waals surface area contributed by atoms with Gasteiger partial charge in [-0.25, -0.2) is 4.79 Å². The number of rotatable bonds is 6. The highest BCUT2D eigenvalue weighted by molar-refractivity contribution is 6.31. The number of aliphatic carboxylic acids is 1. The lowest BCUT2D eigenvalue weighted by Gasteiger charge is -2.05. The molecule has 2 N–H and O–H groups in total. The number of carbonyl (C=O) groups is 2. The van der Waals surface area contributed by atoms with Gasteiger partial charge in [0, 0.05) is 23.5 Å². The molecule has 3 aromatic rings. The summed E-state index contributed by atoms with van der Waals surface area (Å²) < 4.78 is 2.88. The van der Waals surface area contributed by atoms with Crippen LogP contribution in [0.15, 0.2) is 48.9 Å². The zero-order valence-electron chi connectivity index (χ0n) is 13.8. The Morgan fingerprint density at radius 1 is 1.31 bits per heavy atom. The first-order valence-corrected chi connectivity index (χ1v) is 8.17. The number of hydrogen-bond donors (Lipinski definition) is 2. The molecule has 0 aliphatic rings. The molecule has 0 aliphatic heterocycles. The van der Waals surface area contributed by atoms with E-state index < -0.39 is 17.9 Å². The molecule has 0 bridgehead atoms. The maximum atomic E-state index is 12.3. The number of aromatic nitrogens is 4. The number of carboxylic acid groups (broad SMARTS) is 1. The van der Waals surface area contributed by atoms with Crippen molar-refractivity contribution in [1.82, 2.24) is 19.6 Å². The fourth-order valence-electron chi connectivity index (χ4n) is 2.29. The van der Waals surface area contributed by atoms with Gasteiger partial charge in [-0.2, -0.15) is 10.2 Å². The monoisotopic (exact) mass is 373 g/mol. The third-order valence-electron chi connectivity index (χ3n) is 3.79. The highest BCUT2D eigenvalue weighted by Gasteiger charge is 2.17. The van der Waals surface area contributed by atoms with Crippen molar-refractivity contribution in [3.8, 4) is 0 Å². The van der Waals surface area contributed by atoms with Crippen molar-refractivity contribution < 1.29 is 14.7 Å². The van der Waals surface area contributed by atoms with E-state index in [0.29, 0.717) is 17.4 Å². The summed E-state index contributed by atoms with van der Waals surface area (Å²) in [5.74, 6) is -1.07. The van der Waals surface area contributed by atoms with Gasteiger partial charge in [-0.3, -0.25) is 14.2 Å². The Morgan fingerprint density at radius 3 is 2.81 bits per heavy atom. The number of benzene rings is 1. The minimum Gasteiger partial charge on any atom is -0.480 e. The quantitative estimate of drug-likeness (QED) is 0.691. The average molecular weight is 374 g/mol. The molecule has 0 aliphatic carbocycles. The molecule has 1 amide bonds. The van der Waals surface area contributed by atoms with Crippen molar-refractivity contribution in [3.63, 3.8) is 0 Å². The van der Waals surface area contributed by atoms with Crippen molar-refractivity contribution in [2.45, 2.75) is 19.5 Å². The molecular weight excluding hydrogens is 358 g/mol. The minimum atomic E-state index is -1.03. The van der Waals surface area contributed by atoms with E-state index in [0.717, 1.165) is 5.56 Å². The van der Waals surface area contributed by atoms with Crippen molar-refractivity contribution in [1.29, 1.82) is 0 Å². The van der Waals surface area contributed by atoms with Crippen LogP contribution >= 0.6 is 11.6 Å². The molecule has 0 radical (unpaired) electrons. The molecule has 8 nitrogen and oxygen atoms in total. The molecule has 9 heteroatoms. The van der Waals surface area contributed by atoms with Gasteiger partial charge in [0.05, 0.1) is 18.3 Å². The van der Waals surface area contributed by atoms with E-state index in [2.05, 4.69) is 15.5 Å². The van der Waals surface area contributed by atoms with Crippen LogP contribution in [0.4, 0.5) is 5.82 Å². The molecular formula is C17H16ClN5O3. The number of halogens is 1. The standard InChI is InChI=1S/C17H16ClN5O3/c1-11(17(25)26)23-10-13(8-19-23)16(24)20-15-6-7-22(21-15)9-12-4-2-3-5-14(12)18/h2-8,10-11H,9H2,1H3,(H,25,26)(H,20,21,24). The van der Waals surface area contributed by atoms with Crippen molar-refractivity contribution in [2.75, 3.05) is 5.32 Å². The van der Waals surface area contributed by atoms with Crippen LogP contribution in [-0.2, 0) is 11.3 Å². The van der Waals surface area contributed by atoms with Gasteiger partial charge in [0.1, 0.15) is 6.04 Å². The van der Waals surface area contributed by atoms with E-state index in [1.54, 1.807) is 23.0 Å². The second kappa shape index (κ2) is 7.40. The van der Waals surface area contributed by atoms with Gasteiger partial charge in [-0.1, -0.05) is 29.8 Å². The summed E-state index contributed by atoms with van der Waals surface area (Å²) in [6, 6.07) is 8.26. The normalized spacial score (nSPS) is 11.9. The van der Waals surface area contributed by atoms with Crippen LogP contribution in [0.5, 0.6) is 0 Å². The number of carboxylic acids is 1. The van der Waals surface area contributed by atoms with Crippen molar-refractivity contribution >= 4 is 29.3 Å². The zero-order valence-corrected chi connectivity index (χ0v) is 14.6. The molecule has 134 valence electrons. The molecule has 1 aromatic carbocycles. The maximum Gasteiger partial charge on any atom is 0.328 e. The molecule has 0 spiro atoms. The molecule has 2 heterocycles. The lowest BCUT2D eigenvalue weighted by Crippen LogP contribution is -2.16. The number of hydrogen-bond acceptors (Lipinski definition) is 4. The van der Waals surface area contributed by atoms with Crippen LogP contribution in [0.1, 0.15) is 28.9 Å². The lowest BCUT2D eigenvalue weighted by molar-refractivity contribution is -0.140. The first-order valence-electron chi connectivity index (χ1n) is 7.79. The van der Waals surface area contributed by atoms with E-state index in [4.69, 9.17) is 16.7 Å². The van der Waals surface area contributed by atoms with Crippen molar-refractivity contribution in [2.24, 2.45) is 0 Å². The van der Waals surface area contributed by atoms with E-state index in [9.17, 15) is 9.59 Å². The van der Waals surface area contributed by atoms with Gasteiger partial charge >= 0.3 is 5.97 Å². The number of nitrogens with one attached hydrogen (secondary N) is 1. The number of nitrogens with zero attached hydrogens (tertiary/aromatic N) is 4. The third kappa shape index (κ3) is 3.92. The summed E-state index contributed by atoms with van der Waals surface area (Å²) in [5, 5.41) is 20.5. The van der Waals surface area contributed by atoms with E-state index in [1.165, 1.54) is 24.0 Å². The summed E-state index contributed by atoms with van der Waals surface area (Å²) in [5.41, 5.74) is 1.16.